The first-order valence-corrected chi connectivity index (χ1v) is 16.4. The number of amides is 1. The number of anilines is 2. The van der Waals surface area contributed by atoms with E-state index in [0.29, 0.717) is 51.3 Å². The zero-order valence-corrected chi connectivity index (χ0v) is 29.1. The van der Waals surface area contributed by atoms with E-state index >= 15 is 0 Å². The van der Waals surface area contributed by atoms with Crippen molar-refractivity contribution in [2.75, 3.05) is 36.9 Å². The normalized spacial score (nSPS) is 18.9. The van der Waals surface area contributed by atoms with Crippen LogP contribution in [0.2, 0.25) is 5.02 Å². The fraction of sp³-hybridized carbons (Fsp3) is 0.371. The number of carbonyl (C=O) groups excluding carboxylic acids is 2. The number of aromatic nitrogens is 1. The number of nitrogens with zero attached hydrogens (tertiary/aromatic N) is 5. The molecule has 1 amide bonds. The number of nitriles is 1. The number of aldehydes is 1. The molecule has 5 N–H and O–H groups in total. The Morgan fingerprint density at radius 3 is 2.58 bits per heavy atom. The van der Waals surface area contributed by atoms with Crippen LogP contribution in [-0.4, -0.2) is 59.5 Å². The van der Waals surface area contributed by atoms with E-state index in [1.54, 1.807) is 53.8 Å². The lowest BCUT2D eigenvalue weighted by atomic mass is 9.92. The van der Waals surface area contributed by atoms with E-state index in [1.807, 2.05) is 19.0 Å². The number of nitrogens with two attached hydrogens (primary N) is 2. The Hall–Kier alpha value is -4.50. The highest BCUT2D eigenvalue weighted by molar-refractivity contribution is 6.36. The summed E-state index contributed by atoms with van der Waals surface area (Å²) in [7, 11) is 3.71. The predicted molar refractivity (Wildman–Crippen MR) is 190 cm³/mol. The van der Waals surface area contributed by atoms with Crippen molar-refractivity contribution < 1.29 is 14.3 Å². The molecule has 2 aromatic carbocycles. The summed E-state index contributed by atoms with van der Waals surface area (Å²) in [6.45, 7) is 6.74. The number of ether oxygens (including phenoxy) is 1. The molecule has 5 rings (SSSR count). The molecule has 2 aliphatic rings. The summed E-state index contributed by atoms with van der Waals surface area (Å²) in [5.41, 5.74) is 9.89. The van der Waals surface area contributed by atoms with Gasteiger partial charge >= 0.3 is 6.09 Å². The van der Waals surface area contributed by atoms with E-state index in [0.717, 1.165) is 19.1 Å². The average Bonchev–Trinajstić information content (AvgIpc) is 3.92. The van der Waals surface area contributed by atoms with Crippen molar-refractivity contribution in [3.63, 3.8) is 0 Å². The summed E-state index contributed by atoms with van der Waals surface area (Å²) in [6, 6.07) is 9.21. The second-order valence-electron chi connectivity index (χ2n) is 13.7. The lowest BCUT2D eigenvalue weighted by Crippen LogP contribution is -2.41. The highest BCUT2D eigenvalue weighted by Gasteiger charge is 2.72. The van der Waals surface area contributed by atoms with Crippen molar-refractivity contribution in [3.8, 4) is 6.07 Å². The third-order valence-electron chi connectivity index (χ3n) is 8.63. The number of pyridine rings is 1. The molecule has 48 heavy (non-hydrogen) atoms. The average molecular weight is 692 g/mol. The number of fused-ring (bicyclic) bond motifs is 2. The number of benzene rings is 2. The highest BCUT2D eigenvalue weighted by Crippen LogP contribution is 2.69. The summed E-state index contributed by atoms with van der Waals surface area (Å²) < 4.78 is 5.42. The van der Waals surface area contributed by atoms with Crippen LogP contribution in [0.4, 0.5) is 16.2 Å². The second-order valence-corrected chi connectivity index (χ2v) is 14.3. The van der Waals surface area contributed by atoms with Crippen LogP contribution >= 0.6 is 23.2 Å². The van der Waals surface area contributed by atoms with Gasteiger partial charge in [0, 0.05) is 44.0 Å². The molecule has 0 aliphatic heterocycles. The van der Waals surface area contributed by atoms with Crippen molar-refractivity contribution in [1.29, 1.82) is 5.26 Å². The van der Waals surface area contributed by atoms with Crippen molar-refractivity contribution >= 4 is 63.9 Å². The van der Waals surface area contributed by atoms with Gasteiger partial charge in [0.1, 0.15) is 12.1 Å². The quantitative estimate of drug-likeness (QED) is 0.0821. The summed E-state index contributed by atoms with van der Waals surface area (Å²) >= 11 is 12.8. The fourth-order valence-corrected chi connectivity index (χ4v) is 6.13. The molecular formula is C35H40Cl2N8O3. The molecule has 11 nitrogen and oxygen atoms in total. The largest absolute Gasteiger partial charge is 0.433 e. The Labute approximate surface area is 290 Å². The third kappa shape index (κ3) is 7.02. The van der Waals surface area contributed by atoms with Crippen molar-refractivity contribution in [1.82, 2.24) is 14.9 Å². The van der Waals surface area contributed by atoms with Gasteiger partial charge < -0.3 is 25.7 Å². The summed E-state index contributed by atoms with van der Waals surface area (Å²) in [5, 5.41) is 15.8. The molecule has 3 aromatic rings. The highest BCUT2D eigenvalue weighted by atomic mass is 35.5. The summed E-state index contributed by atoms with van der Waals surface area (Å²) in [4.78, 5) is 34.1. The number of alkyl halides is 1. The third-order valence-corrected chi connectivity index (χ3v) is 9.03. The first kappa shape index (κ1) is 34.8. The van der Waals surface area contributed by atoms with Crippen LogP contribution in [0.3, 0.4) is 0 Å². The first-order chi connectivity index (χ1) is 22.7. The van der Waals surface area contributed by atoms with Crippen LogP contribution in [0.1, 0.15) is 66.7 Å². The van der Waals surface area contributed by atoms with Gasteiger partial charge in [-0.15, -0.1) is 0 Å². The molecule has 252 valence electrons. The van der Waals surface area contributed by atoms with E-state index in [4.69, 9.17) is 39.5 Å². The topological polar surface area (TPSA) is 154 Å². The minimum Gasteiger partial charge on any atom is -0.433 e. The van der Waals surface area contributed by atoms with Gasteiger partial charge in [-0.2, -0.15) is 5.26 Å². The Bertz CT molecular complexity index is 1840. The molecule has 0 radical (unpaired) electrons. The molecule has 0 saturated heterocycles. The van der Waals surface area contributed by atoms with E-state index in [-0.39, 0.29) is 27.4 Å². The van der Waals surface area contributed by atoms with Crippen molar-refractivity contribution in [2.45, 2.75) is 45.2 Å². The molecule has 1 atom stereocenters. The fourth-order valence-electron chi connectivity index (χ4n) is 5.77. The smallest absolute Gasteiger partial charge is 0.416 e. The molecule has 0 bridgehead atoms. The van der Waals surface area contributed by atoms with Crippen LogP contribution in [-0.2, 0) is 4.74 Å². The van der Waals surface area contributed by atoms with Gasteiger partial charge in [0.15, 0.2) is 12.4 Å². The number of halogens is 2. The molecule has 0 spiro atoms. The van der Waals surface area contributed by atoms with E-state index in [1.165, 1.54) is 11.1 Å². The van der Waals surface area contributed by atoms with Gasteiger partial charge in [-0.25, -0.2) is 10.6 Å². The monoisotopic (exact) mass is 690 g/mol. The number of hydrogen-bond acceptors (Lipinski definition) is 10. The molecule has 13 heteroatoms. The number of carbonyl (C=O) groups is 2. The molecule has 2 saturated carbocycles. The summed E-state index contributed by atoms with van der Waals surface area (Å²) in [6.07, 6.45) is 8.54. The van der Waals surface area contributed by atoms with Crippen LogP contribution in [0, 0.1) is 22.7 Å². The lowest BCUT2D eigenvalue weighted by Gasteiger charge is -2.34. The Morgan fingerprint density at radius 1 is 1.29 bits per heavy atom. The Kier molecular flexibility index (Phi) is 9.83. The number of hydrazine groups is 1. The predicted octanol–water partition coefficient (Wildman–Crippen LogP) is 6.58. The standard InChI is InChI=1S/C35H40Cl2N8O3/c1-34(2,3)19-42-30-22(15-38)16-41-31-27(30)11-24(12-28(31)37)45(33(47)48-20-36)32(29(39)17-44(40)35-13-23(35)14-35)26-8-6-7-21(18-46)25(26)9-10-43(4)5/h6-12,16-18,23,32H,13-14,19-20,39-40H2,1-5H3,(H,41,42)/b10-9-,29-17-/t23?,32-,35?/m0/s1. The maximum Gasteiger partial charge on any atom is 0.416 e. The van der Waals surface area contributed by atoms with Crippen molar-refractivity contribution in [3.05, 3.63) is 81.9 Å². The molecule has 0 unspecified atom stereocenters. The summed E-state index contributed by atoms with van der Waals surface area (Å²) in [5.74, 6) is 7.05. The molecule has 1 heterocycles. The van der Waals surface area contributed by atoms with Gasteiger partial charge in [-0.1, -0.05) is 62.2 Å². The molecule has 2 fully saturated rings. The number of rotatable bonds is 12. The lowest BCUT2D eigenvalue weighted by molar-refractivity contribution is 0.112. The molecule has 2 aliphatic carbocycles. The van der Waals surface area contributed by atoms with Gasteiger partial charge in [0.25, 0.3) is 0 Å². The Morgan fingerprint density at radius 2 is 2.00 bits per heavy atom. The first-order valence-electron chi connectivity index (χ1n) is 15.5. The maximum atomic E-state index is 14.1. The SMILES string of the molecule is CN(C)/C=C\c1c(C=O)cccc1[C@@H](/C(N)=C/N(N)C12CC1C2)N(C(=O)OCCl)c1cc(Cl)c2ncc(C#N)c(NCC(C)(C)C)c2c1. The molecular weight excluding hydrogens is 651 g/mol. The minimum absolute atomic E-state index is 0.125. The van der Waals surface area contributed by atoms with Crippen LogP contribution in [0.15, 0.2) is 54.6 Å². The van der Waals surface area contributed by atoms with E-state index in [2.05, 4.69) is 37.1 Å². The van der Waals surface area contributed by atoms with Crippen LogP contribution in [0.25, 0.3) is 17.0 Å². The van der Waals surface area contributed by atoms with Gasteiger partial charge in [-0.3, -0.25) is 14.7 Å². The van der Waals surface area contributed by atoms with Crippen LogP contribution < -0.4 is 21.8 Å². The second kappa shape index (κ2) is 13.5. The van der Waals surface area contributed by atoms with Crippen LogP contribution in [0.5, 0.6) is 0 Å². The minimum atomic E-state index is -1.05. The zero-order valence-electron chi connectivity index (χ0n) is 27.6. The van der Waals surface area contributed by atoms with Gasteiger partial charge in [-0.05, 0) is 59.7 Å². The maximum absolute atomic E-state index is 14.1. The van der Waals surface area contributed by atoms with Gasteiger partial charge in [0.05, 0.1) is 38.7 Å². The number of nitrogens with one attached hydrogen (secondary N) is 1. The van der Waals surface area contributed by atoms with Gasteiger partial charge in [0.2, 0.25) is 0 Å². The Balaban J connectivity index is 1.78. The number of hydrogen-bond donors (Lipinski definition) is 3. The van der Waals surface area contributed by atoms with Crippen molar-refractivity contribution in [2.24, 2.45) is 22.9 Å². The molecule has 1 aromatic heterocycles. The van der Waals surface area contributed by atoms with E-state index in [9.17, 15) is 14.9 Å². The zero-order chi connectivity index (χ0) is 35.0. The van der Waals surface area contributed by atoms with E-state index < -0.39 is 18.2 Å².